The van der Waals surface area contributed by atoms with Gasteiger partial charge in [0.05, 0.1) is 26.7 Å². The molecule has 0 aliphatic carbocycles. The fourth-order valence-electron chi connectivity index (χ4n) is 3.34. The number of benzene rings is 2. The molecule has 0 N–H and O–H groups in total. The lowest BCUT2D eigenvalue weighted by Gasteiger charge is -2.18. The second-order valence-electron chi connectivity index (χ2n) is 6.50. The maximum atomic E-state index is 12.8. The Balaban J connectivity index is 2.16. The lowest BCUT2D eigenvalue weighted by molar-refractivity contribution is -0.144. The lowest BCUT2D eigenvalue weighted by Crippen LogP contribution is -2.21. The Labute approximate surface area is 173 Å². The first-order valence-electron chi connectivity index (χ1n) is 9.43. The number of hydrogen-bond donors (Lipinski definition) is 0. The highest BCUT2D eigenvalue weighted by Gasteiger charge is 2.29. The van der Waals surface area contributed by atoms with Crippen molar-refractivity contribution in [1.82, 2.24) is 0 Å². The number of fused-ring (bicyclic) bond motifs is 1. The van der Waals surface area contributed by atoms with Crippen LogP contribution >= 0.6 is 0 Å². The first kappa shape index (κ1) is 21.1. The molecule has 7 nitrogen and oxygen atoms in total. The van der Waals surface area contributed by atoms with Crippen molar-refractivity contribution in [2.24, 2.45) is 0 Å². The molecule has 1 aromatic heterocycles. The number of esters is 1. The van der Waals surface area contributed by atoms with Crippen LogP contribution in [0.5, 0.6) is 11.5 Å². The fraction of sp³-hybridized carbons (Fsp3) is 0.261. The normalized spacial score (nSPS) is 11.7. The topological polar surface area (TPSA) is 92.0 Å². The maximum absolute atomic E-state index is 12.8. The molecule has 0 saturated heterocycles. The summed E-state index contributed by atoms with van der Waals surface area (Å²) in [7, 11) is 2.89. The van der Waals surface area contributed by atoms with E-state index in [1.54, 1.807) is 49.4 Å². The van der Waals surface area contributed by atoms with Crippen LogP contribution in [0.4, 0.5) is 0 Å². The van der Waals surface area contributed by atoms with Gasteiger partial charge in [-0.3, -0.25) is 9.59 Å². The molecule has 0 saturated carbocycles. The van der Waals surface area contributed by atoms with Gasteiger partial charge in [-0.2, -0.15) is 0 Å². The van der Waals surface area contributed by atoms with Crippen LogP contribution in [0.25, 0.3) is 11.0 Å². The van der Waals surface area contributed by atoms with E-state index < -0.39 is 17.5 Å². The van der Waals surface area contributed by atoms with E-state index >= 15 is 0 Å². The van der Waals surface area contributed by atoms with Crippen molar-refractivity contribution < 1.29 is 28.2 Å². The summed E-state index contributed by atoms with van der Waals surface area (Å²) in [4.78, 5) is 37.9. The summed E-state index contributed by atoms with van der Waals surface area (Å²) in [6.45, 7) is 1.82. The monoisotopic (exact) mass is 410 g/mol. The molecule has 0 bridgehead atoms. The zero-order valence-corrected chi connectivity index (χ0v) is 17.0. The van der Waals surface area contributed by atoms with E-state index in [9.17, 15) is 14.4 Å². The average molecular weight is 410 g/mol. The highest BCUT2D eigenvalue weighted by atomic mass is 16.5. The van der Waals surface area contributed by atoms with Gasteiger partial charge in [-0.15, -0.1) is 0 Å². The molecular formula is C23H22O7. The number of hydrogen-bond acceptors (Lipinski definition) is 7. The van der Waals surface area contributed by atoms with Gasteiger partial charge < -0.3 is 18.6 Å². The first-order valence-corrected chi connectivity index (χ1v) is 9.43. The molecule has 1 atom stereocenters. The van der Waals surface area contributed by atoms with Crippen molar-refractivity contribution >= 4 is 22.7 Å². The molecule has 0 unspecified atom stereocenters. The summed E-state index contributed by atoms with van der Waals surface area (Å²) in [6, 6.07) is 13.2. The molecule has 0 radical (unpaired) electrons. The summed E-state index contributed by atoms with van der Waals surface area (Å²) in [6.07, 6.45) is -0.157. The quantitative estimate of drug-likeness (QED) is 0.317. The Morgan fingerprint density at radius 3 is 2.40 bits per heavy atom. The van der Waals surface area contributed by atoms with Crippen LogP contribution in [-0.2, 0) is 9.53 Å². The molecule has 1 heterocycles. The Kier molecular flexibility index (Phi) is 6.51. The van der Waals surface area contributed by atoms with Crippen molar-refractivity contribution in [3.05, 3.63) is 70.1 Å². The van der Waals surface area contributed by atoms with Crippen molar-refractivity contribution in [2.45, 2.75) is 19.3 Å². The second-order valence-corrected chi connectivity index (χ2v) is 6.50. The highest BCUT2D eigenvalue weighted by molar-refractivity contribution is 6.01. The molecular weight excluding hydrogens is 388 g/mol. The number of Topliss-reactive ketones (excluding diaryl/α,β-unsaturated/α-hetero) is 1. The largest absolute Gasteiger partial charge is 0.493 e. The van der Waals surface area contributed by atoms with Crippen LogP contribution in [0.1, 0.15) is 35.2 Å². The van der Waals surface area contributed by atoms with Gasteiger partial charge >= 0.3 is 11.6 Å². The van der Waals surface area contributed by atoms with Gasteiger partial charge in [0.15, 0.2) is 17.1 Å². The SMILES string of the molecule is CCOC(=O)[C@H](CC(=O)c1ccccc1)c1cc(=O)oc2c(OC)c(OC)ccc12. The number of ketones is 1. The Morgan fingerprint density at radius 1 is 1.03 bits per heavy atom. The van der Waals surface area contributed by atoms with Gasteiger partial charge in [0, 0.05) is 23.4 Å². The minimum absolute atomic E-state index is 0.140. The third-order valence-electron chi connectivity index (χ3n) is 4.72. The average Bonchev–Trinajstić information content (AvgIpc) is 2.76. The fourth-order valence-corrected chi connectivity index (χ4v) is 3.34. The highest BCUT2D eigenvalue weighted by Crippen LogP contribution is 2.38. The summed E-state index contributed by atoms with van der Waals surface area (Å²) in [5, 5.41) is 0.464. The van der Waals surface area contributed by atoms with Crippen LogP contribution in [-0.4, -0.2) is 32.6 Å². The molecule has 2 aromatic carbocycles. The summed E-state index contributed by atoms with van der Waals surface area (Å²) >= 11 is 0. The molecule has 7 heteroatoms. The van der Waals surface area contributed by atoms with E-state index in [1.807, 2.05) is 0 Å². The van der Waals surface area contributed by atoms with E-state index in [0.29, 0.717) is 22.3 Å². The number of methoxy groups -OCH3 is 2. The number of carbonyl (C=O) groups excluding carboxylic acids is 2. The predicted molar refractivity (Wildman–Crippen MR) is 110 cm³/mol. The summed E-state index contributed by atoms with van der Waals surface area (Å²) in [5.41, 5.74) is 0.273. The van der Waals surface area contributed by atoms with E-state index in [2.05, 4.69) is 0 Å². The lowest BCUT2D eigenvalue weighted by atomic mass is 9.89. The van der Waals surface area contributed by atoms with Gasteiger partial charge in [-0.1, -0.05) is 30.3 Å². The van der Waals surface area contributed by atoms with E-state index in [0.717, 1.165) is 0 Å². The second kappa shape index (κ2) is 9.26. The molecule has 156 valence electrons. The standard InChI is InChI=1S/C23H22O7/c1-4-29-23(26)17(12-18(24)14-8-6-5-7-9-14)16-13-20(25)30-21-15(16)10-11-19(27-2)22(21)28-3/h5-11,13,17H,4,12H2,1-3H3/t17-/m1/s1. The van der Waals surface area contributed by atoms with Gasteiger partial charge in [-0.05, 0) is 24.6 Å². The van der Waals surface area contributed by atoms with Gasteiger partial charge in [0.25, 0.3) is 0 Å². The Bertz CT molecular complexity index is 1120. The zero-order valence-electron chi connectivity index (χ0n) is 17.0. The smallest absolute Gasteiger partial charge is 0.336 e. The van der Waals surface area contributed by atoms with Crippen LogP contribution < -0.4 is 15.1 Å². The minimum atomic E-state index is -0.984. The van der Waals surface area contributed by atoms with Crippen molar-refractivity contribution in [1.29, 1.82) is 0 Å². The van der Waals surface area contributed by atoms with Crippen LogP contribution in [0, 0.1) is 0 Å². The predicted octanol–water partition coefficient (Wildman–Crippen LogP) is 3.73. The van der Waals surface area contributed by atoms with Crippen LogP contribution in [0.3, 0.4) is 0 Å². The van der Waals surface area contributed by atoms with Crippen molar-refractivity contribution in [2.75, 3.05) is 20.8 Å². The molecule has 0 spiro atoms. The maximum Gasteiger partial charge on any atom is 0.336 e. The van der Waals surface area contributed by atoms with Crippen LogP contribution in [0.15, 0.2) is 57.7 Å². The Morgan fingerprint density at radius 2 is 1.77 bits per heavy atom. The first-order chi connectivity index (χ1) is 14.5. The van der Waals surface area contributed by atoms with Crippen molar-refractivity contribution in [3.8, 4) is 11.5 Å². The third-order valence-corrected chi connectivity index (χ3v) is 4.72. The van der Waals surface area contributed by atoms with Gasteiger partial charge in [0.2, 0.25) is 5.75 Å². The minimum Gasteiger partial charge on any atom is -0.493 e. The zero-order chi connectivity index (χ0) is 21.7. The summed E-state index contributed by atoms with van der Waals surface area (Å²) < 4.78 is 21.2. The van der Waals surface area contributed by atoms with E-state index in [1.165, 1.54) is 20.3 Å². The third kappa shape index (κ3) is 4.20. The molecule has 0 amide bonds. The molecule has 0 aliphatic heterocycles. The molecule has 0 fully saturated rings. The molecule has 0 aliphatic rings. The van der Waals surface area contributed by atoms with Gasteiger partial charge in [-0.25, -0.2) is 4.79 Å². The molecule has 3 aromatic rings. The molecule has 3 rings (SSSR count). The van der Waals surface area contributed by atoms with Gasteiger partial charge in [0.1, 0.15) is 0 Å². The number of carbonyl (C=O) groups is 2. The summed E-state index contributed by atoms with van der Waals surface area (Å²) in [5.74, 6) is -1.22. The number of ether oxygens (including phenoxy) is 3. The van der Waals surface area contributed by atoms with Crippen molar-refractivity contribution in [3.63, 3.8) is 0 Å². The van der Waals surface area contributed by atoms with E-state index in [-0.39, 0.29) is 30.1 Å². The number of rotatable bonds is 8. The molecule has 30 heavy (non-hydrogen) atoms. The van der Waals surface area contributed by atoms with Crippen LogP contribution in [0.2, 0.25) is 0 Å². The Hall–Kier alpha value is -3.61. The van der Waals surface area contributed by atoms with E-state index in [4.69, 9.17) is 18.6 Å².